The highest BCUT2D eigenvalue weighted by molar-refractivity contribution is 9.09. The number of halogens is 1. The molecule has 114 valence electrons. The van der Waals surface area contributed by atoms with Gasteiger partial charge in [-0.2, -0.15) is 0 Å². The van der Waals surface area contributed by atoms with E-state index < -0.39 is 22.1 Å². The molecule has 0 radical (unpaired) electrons. The second-order valence-electron chi connectivity index (χ2n) is 4.34. The van der Waals surface area contributed by atoms with Gasteiger partial charge < -0.3 is 10.4 Å². The van der Waals surface area contributed by atoms with Gasteiger partial charge >= 0.3 is 5.97 Å². The van der Waals surface area contributed by atoms with Gasteiger partial charge in [0.15, 0.2) is 0 Å². The third kappa shape index (κ3) is 5.50. The monoisotopic (exact) mass is 358 g/mol. The van der Waals surface area contributed by atoms with E-state index in [1.54, 1.807) is 0 Å². The Morgan fingerprint density at radius 2 is 2.00 bits per heavy atom. The third-order valence-electron chi connectivity index (χ3n) is 2.74. The number of hydrogen-bond donors (Lipinski definition) is 2. The van der Waals surface area contributed by atoms with Crippen molar-refractivity contribution in [2.24, 2.45) is 0 Å². The molecular formula is C13H15BrN2O5. The summed E-state index contributed by atoms with van der Waals surface area (Å²) in [5, 5.41) is 23.1. The topological polar surface area (TPSA) is 110 Å². The van der Waals surface area contributed by atoms with Crippen LogP contribution in [0.2, 0.25) is 0 Å². The first-order chi connectivity index (χ1) is 9.95. The minimum atomic E-state index is -1.41. The van der Waals surface area contributed by atoms with Gasteiger partial charge in [0, 0.05) is 23.5 Å². The van der Waals surface area contributed by atoms with Crippen molar-refractivity contribution in [3.8, 4) is 0 Å². The van der Waals surface area contributed by atoms with Gasteiger partial charge in [0.1, 0.15) is 5.56 Å². The van der Waals surface area contributed by atoms with Crippen molar-refractivity contribution in [2.75, 3.05) is 10.6 Å². The summed E-state index contributed by atoms with van der Waals surface area (Å²) in [5.41, 5.74) is -0.710. The number of carboxylic acids is 1. The van der Waals surface area contributed by atoms with Crippen molar-refractivity contribution in [2.45, 2.75) is 25.7 Å². The molecule has 0 aliphatic carbocycles. The fraction of sp³-hybridized carbons (Fsp3) is 0.385. The number of unbranched alkanes of at least 4 members (excludes halogenated alkanes) is 2. The van der Waals surface area contributed by atoms with E-state index >= 15 is 0 Å². The third-order valence-corrected chi connectivity index (χ3v) is 3.31. The first-order valence-electron chi connectivity index (χ1n) is 6.33. The molecule has 0 atom stereocenters. The standard InChI is InChI=1S/C13H15BrN2O5/c14-7-3-1-2-4-12(17)15-9-5-6-11(16(20)21)10(8-9)13(18)19/h5-6,8H,1-4,7H2,(H,15,17)(H,18,19). The molecule has 0 unspecified atom stereocenters. The molecule has 1 aromatic rings. The Labute approximate surface area is 129 Å². The molecule has 2 N–H and O–H groups in total. The van der Waals surface area contributed by atoms with Crippen LogP contribution in [0.1, 0.15) is 36.0 Å². The summed E-state index contributed by atoms with van der Waals surface area (Å²) < 4.78 is 0. The molecule has 0 spiro atoms. The number of alkyl halides is 1. The molecule has 7 nitrogen and oxygen atoms in total. The molecule has 0 aromatic heterocycles. The van der Waals surface area contributed by atoms with Crippen LogP contribution in [0.5, 0.6) is 0 Å². The molecule has 1 rings (SSSR count). The molecule has 0 saturated heterocycles. The second-order valence-corrected chi connectivity index (χ2v) is 5.14. The van der Waals surface area contributed by atoms with Crippen LogP contribution < -0.4 is 5.32 Å². The Hall–Kier alpha value is -1.96. The van der Waals surface area contributed by atoms with Crippen molar-refractivity contribution in [1.82, 2.24) is 0 Å². The first kappa shape index (κ1) is 17.1. The Balaban J connectivity index is 2.72. The number of hydrogen-bond acceptors (Lipinski definition) is 4. The minimum Gasteiger partial charge on any atom is -0.477 e. The predicted molar refractivity (Wildman–Crippen MR) is 80.9 cm³/mol. The summed E-state index contributed by atoms with van der Waals surface area (Å²) in [5.74, 6) is -1.65. The van der Waals surface area contributed by atoms with Crippen LogP contribution in [0, 0.1) is 10.1 Å². The second kappa shape index (κ2) is 8.35. The Kier molecular flexibility index (Phi) is 6.80. The summed E-state index contributed by atoms with van der Waals surface area (Å²) in [6, 6.07) is 3.49. The molecule has 0 fully saturated rings. The number of carbonyl (C=O) groups excluding carboxylic acids is 1. The van der Waals surface area contributed by atoms with Crippen molar-refractivity contribution >= 4 is 39.2 Å². The number of nitrogens with one attached hydrogen (secondary N) is 1. The molecule has 0 saturated carbocycles. The van der Waals surface area contributed by atoms with Crippen LogP contribution in [0.15, 0.2) is 18.2 Å². The number of rotatable bonds is 8. The number of carboxylic acid groups (broad SMARTS) is 1. The van der Waals surface area contributed by atoms with Crippen molar-refractivity contribution in [1.29, 1.82) is 0 Å². The summed E-state index contributed by atoms with van der Waals surface area (Å²) >= 11 is 3.30. The Bertz CT molecular complexity index is 547. The summed E-state index contributed by atoms with van der Waals surface area (Å²) in [4.78, 5) is 32.6. The van der Waals surface area contributed by atoms with E-state index in [2.05, 4.69) is 21.2 Å². The summed E-state index contributed by atoms with van der Waals surface area (Å²) in [7, 11) is 0. The van der Waals surface area contributed by atoms with Gasteiger partial charge in [0.2, 0.25) is 5.91 Å². The van der Waals surface area contributed by atoms with Crippen LogP contribution in [0.4, 0.5) is 11.4 Å². The fourth-order valence-corrected chi connectivity index (χ4v) is 2.12. The lowest BCUT2D eigenvalue weighted by molar-refractivity contribution is -0.385. The largest absolute Gasteiger partial charge is 0.477 e. The molecule has 0 heterocycles. The van der Waals surface area contributed by atoms with Crippen LogP contribution in [-0.4, -0.2) is 27.2 Å². The zero-order valence-corrected chi connectivity index (χ0v) is 12.8. The van der Waals surface area contributed by atoms with Crippen LogP contribution in [0.3, 0.4) is 0 Å². The fourth-order valence-electron chi connectivity index (χ4n) is 1.72. The Morgan fingerprint density at radius 1 is 1.29 bits per heavy atom. The molecule has 0 aliphatic heterocycles. The van der Waals surface area contributed by atoms with E-state index in [1.165, 1.54) is 6.07 Å². The van der Waals surface area contributed by atoms with Crippen molar-refractivity contribution in [3.63, 3.8) is 0 Å². The van der Waals surface area contributed by atoms with E-state index in [-0.39, 0.29) is 11.6 Å². The number of nitrogens with zero attached hydrogens (tertiary/aromatic N) is 1. The lowest BCUT2D eigenvalue weighted by Crippen LogP contribution is -2.12. The maximum Gasteiger partial charge on any atom is 0.342 e. The van der Waals surface area contributed by atoms with Gasteiger partial charge in [-0.3, -0.25) is 14.9 Å². The number of carbonyl (C=O) groups is 2. The normalized spacial score (nSPS) is 10.1. The maximum absolute atomic E-state index is 11.7. The average molecular weight is 359 g/mol. The number of aromatic carboxylic acids is 1. The van der Waals surface area contributed by atoms with Gasteiger partial charge in [0.25, 0.3) is 5.69 Å². The first-order valence-corrected chi connectivity index (χ1v) is 7.45. The van der Waals surface area contributed by atoms with Gasteiger partial charge in [-0.25, -0.2) is 4.79 Å². The number of anilines is 1. The SMILES string of the molecule is O=C(CCCCCBr)Nc1ccc([N+](=O)[O-])c(C(=O)O)c1. The summed E-state index contributed by atoms with van der Waals surface area (Å²) in [6.07, 6.45) is 2.95. The van der Waals surface area contributed by atoms with E-state index in [9.17, 15) is 19.7 Å². The van der Waals surface area contributed by atoms with Gasteiger partial charge in [-0.15, -0.1) is 0 Å². The quantitative estimate of drug-likeness (QED) is 0.321. The highest BCUT2D eigenvalue weighted by Gasteiger charge is 2.20. The van der Waals surface area contributed by atoms with Crippen LogP contribution in [0.25, 0.3) is 0 Å². The van der Waals surface area contributed by atoms with Crippen LogP contribution in [-0.2, 0) is 4.79 Å². The molecule has 21 heavy (non-hydrogen) atoms. The van der Waals surface area contributed by atoms with E-state index in [4.69, 9.17) is 5.11 Å². The smallest absolute Gasteiger partial charge is 0.342 e. The van der Waals surface area contributed by atoms with E-state index in [0.29, 0.717) is 6.42 Å². The van der Waals surface area contributed by atoms with Crippen molar-refractivity contribution < 1.29 is 19.6 Å². The predicted octanol–water partition coefficient (Wildman–Crippen LogP) is 3.19. The van der Waals surface area contributed by atoms with Gasteiger partial charge in [-0.1, -0.05) is 22.4 Å². The molecule has 0 bridgehead atoms. The lowest BCUT2D eigenvalue weighted by atomic mass is 10.1. The van der Waals surface area contributed by atoms with Crippen molar-refractivity contribution in [3.05, 3.63) is 33.9 Å². The van der Waals surface area contributed by atoms with E-state index in [0.717, 1.165) is 36.7 Å². The molecule has 8 heteroatoms. The van der Waals surface area contributed by atoms with Gasteiger partial charge in [-0.05, 0) is 25.0 Å². The average Bonchev–Trinajstić information content (AvgIpc) is 2.43. The maximum atomic E-state index is 11.7. The number of nitro benzene ring substituents is 1. The van der Waals surface area contributed by atoms with Gasteiger partial charge in [0.05, 0.1) is 4.92 Å². The zero-order chi connectivity index (χ0) is 15.8. The number of benzene rings is 1. The highest BCUT2D eigenvalue weighted by Crippen LogP contribution is 2.23. The number of nitro groups is 1. The van der Waals surface area contributed by atoms with Crippen LogP contribution >= 0.6 is 15.9 Å². The molecule has 1 aromatic carbocycles. The zero-order valence-electron chi connectivity index (χ0n) is 11.2. The Morgan fingerprint density at radius 3 is 2.57 bits per heavy atom. The highest BCUT2D eigenvalue weighted by atomic mass is 79.9. The minimum absolute atomic E-state index is 0.239. The summed E-state index contributed by atoms with van der Waals surface area (Å²) in [6.45, 7) is 0. The number of amides is 1. The lowest BCUT2D eigenvalue weighted by Gasteiger charge is -2.06. The molecular weight excluding hydrogens is 344 g/mol. The van der Waals surface area contributed by atoms with E-state index in [1.807, 2.05) is 0 Å². The molecule has 0 aliphatic rings. The molecule has 1 amide bonds.